The standard InChI is InChI=1S/C41H33NO2/c1-2-10-30(11-3-1)41(31-16-18-32(19-17-31)42-24-26-43-27-25-42)23-22-36-35-20-14-28-8-4-6-12-33(28)38(35)37-21-15-29-9-5-7-13-34(29)39(37)40(36)44-41/h1-13,15-19,21-23H,14,20,24-27H2. The summed E-state index contributed by atoms with van der Waals surface area (Å²) < 4.78 is 13.1. The molecule has 2 aliphatic heterocycles. The summed E-state index contributed by atoms with van der Waals surface area (Å²) in [6, 6.07) is 42.0. The van der Waals surface area contributed by atoms with Crippen molar-refractivity contribution in [3.63, 3.8) is 0 Å². The summed E-state index contributed by atoms with van der Waals surface area (Å²) in [6.45, 7) is 3.38. The van der Waals surface area contributed by atoms with E-state index in [1.54, 1.807) is 0 Å². The van der Waals surface area contributed by atoms with Gasteiger partial charge in [-0.3, -0.25) is 0 Å². The van der Waals surface area contributed by atoms with E-state index >= 15 is 0 Å². The monoisotopic (exact) mass is 571 g/mol. The average molecular weight is 572 g/mol. The third kappa shape index (κ3) is 3.86. The molecule has 0 radical (unpaired) electrons. The van der Waals surface area contributed by atoms with Crippen LogP contribution in [0.5, 0.6) is 5.75 Å². The molecule has 3 nitrogen and oxygen atoms in total. The minimum Gasteiger partial charge on any atom is -0.472 e. The fourth-order valence-corrected chi connectivity index (χ4v) is 7.68. The summed E-state index contributed by atoms with van der Waals surface area (Å²) in [6.07, 6.45) is 6.69. The van der Waals surface area contributed by atoms with Crippen LogP contribution in [0.15, 0.2) is 121 Å². The molecule has 0 bridgehead atoms. The van der Waals surface area contributed by atoms with Gasteiger partial charge >= 0.3 is 0 Å². The molecular formula is C41H33NO2. The summed E-state index contributed by atoms with van der Waals surface area (Å²) in [4.78, 5) is 2.40. The van der Waals surface area contributed by atoms with Crippen LogP contribution in [0.4, 0.5) is 5.69 Å². The number of hydrogen-bond acceptors (Lipinski definition) is 3. The predicted molar refractivity (Wildman–Crippen MR) is 181 cm³/mol. The Morgan fingerprint density at radius 1 is 0.636 bits per heavy atom. The van der Waals surface area contributed by atoms with Gasteiger partial charge in [0.25, 0.3) is 0 Å². The fraction of sp³-hybridized carbons (Fsp3) is 0.171. The number of fused-ring (bicyclic) bond motifs is 10. The van der Waals surface area contributed by atoms with Crippen LogP contribution in [0.1, 0.15) is 27.8 Å². The molecule has 3 aliphatic rings. The topological polar surface area (TPSA) is 21.7 Å². The lowest BCUT2D eigenvalue weighted by atomic mass is 9.77. The van der Waals surface area contributed by atoms with Crippen molar-refractivity contribution >= 4 is 33.3 Å². The van der Waals surface area contributed by atoms with E-state index in [4.69, 9.17) is 9.47 Å². The Kier molecular flexibility index (Phi) is 5.89. The highest BCUT2D eigenvalue weighted by Crippen LogP contribution is 2.52. The maximum atomic E-state index is 7.53. The van der Waals surface area contributed by atoms with Crippen LogP contribution in [0.3, 0.4) is 0 Å². The second-order valence-corrected chi connectivity index (χ2v) is 12.1. The van der Waals surface area contributed by atoms with Crippen LogP contribution in [-0.2, 0) is 23.2 Å². The highest BCUT2D eigenvalue weighted by molar-refractivity contribution is 6.17. The van der Waals surface area contributed by atoms with Crippen LogP contribution in [-0.4, -0.2) is 26.3 Å². The Hall–Kier alpha value is -4.86. The molecule has 1 fully saturated rings. The SMILES string of the molecule is C1=CC(c2ccccc2)(c2ccc(N3CCOCC3)cc2)Oc2c1c1c(c3ccc4ccccc4c23)-c2ccccc2CC1. The van der Waals surface area contributed by atoms with E-state index in [1.165, 1.54) is 55.0 Å². The first-order chi connectivity index (χ1) is 21.8. The summed E-state index contributed by atoms with van der Waals surface area (Å²) in [5, 5.41) is 4.92. The number of nitrogens with zero attached hydrogens (tertiary/aromatic N) is 1. The van der Waals surface area contributed by atoms with Gasteiger partial charge in [-0.25, -0.2) is 0 Å². The Labute approximate surface area is 258 Å². The van der Waals surface area contributed by atoms with Crippen molar-refractivity contribution in [1.29, 1.82) is 0 Å². The Morgan fingerprint density at radius 2 is 1.39 bits per heavy atom. The summed E-state index contributed by atoms with van der Waals surface area (Å²) in [7, 11) is 0. The summed E-state index contributed by atoms with van der Waals surface area (Å²) in [5.74, 6) is 0.985. The van der Waals surface area contributed by atoms with E-state index in [9.17, 15) is 0 Å². The third-order valence-corrected chi connectivity index (χ3v) is 9.85. The van der Waals surface area contributed by atoms with E-state index in [1.807, 2.05) is 0 Å². The Balaban J connectivity index is 1.30. The smallest absolute Gasteiger partial charge is 0.178 e. The lowest BCUT2D eigenvalue weighted by Crippen LogP contribution is -2.37. The average Bonchev–Trinajstić information content (AvgIpc) is 3.11. The van der Waals surface area contributed by atoms with Crippen LogP contribution >= 0.6 is 0 Å². The number of benzene rings is 6. The maximum absolute atomic E-state index is 7.53. The number of anilines is 1. The molecule has 0 amide bonds. The number of rotatable bonds is 3. The zero-order valence-corrected chi connectivity index (χ0v) is 24.6. The molecule has 1 atom stereocenters. The summed E-state index contributed by atoms with van der Waals surface area (Å²) in [5.41, 5.74) is 9.46. The third-order valence-electron chi connectivity index (χ3n) is 9.85. The van der Waals surface area contributed by atoms with E-state index in [-0.39, 0.29) is 0 Å². The number of hydrogen-bond donors (Lipinski definition) is 0. The molecule has 3 heteroatoms. The van der Waals surface area contributed by atoms with Crippen LogP contribution in [0, 0.1) is 0 Å². The van der Waals surface area contributed by atoms with Crippen molar-refractivity contribution in [2.75, 3.05) is 31.2 Å². The number of aryl methyl sites for hydroxylation is 1. The van der Waals surface area contributed by atoms with Crippen molar-refractivity contribution < 1.29 is 9.47 Å². The van der Waals surface area contributed by atoms with Crippen molar-refractivity contribution in [3.8, 4) is 16.9 Å². The maximum Gasteiger partial charge on any atom is 0.178 e. The van der Waals surface area contributed by atoms with Gasteiger partial charge in [0.15, 0.2) is 5.60 Å². The molecular weight excluding hydrogens is 538 g/mol. The van der Waals surface area contributed by atoms with E-state index in [2.05, 4.69) is 132 Å². The van der Waals surface area contributed by atoms with Gasteiger partial charge in [0.1, 0.15) is 5.75 Å². The van der Waals surface area contributed by atoms with Crippen molar-refractivity contribution in [2.45, 2.75) is 18.4 Å². The number of morpholine rings is 1. The molecule has 214 valence electrons. The molecule has 44 heavy (non-hydrogen) atoms. The van der Waals surface area contributed by atoms with Gasteiger partial charge in [0.05, 0.1) is 13.2 Å². The zero-order valence-electron chi connectivity index (χ0n) is 24.6. The number of ether oxygens (including phenoxy) is 2. The highest BCUT2D eigenvalue weighted by atomic mass is 16.5. The first-order valence-electron chi connectivity index (χ1n) is 15.8. The van der Waals surface area contributed by atoms with Crippen LogP contribution < -0.4 is 9.64 Å². The van der Waals surface area contributed by atoms with Gasteiger partial charge < -0.3 is 14.4 Å². The molecule has 6 aromatic rings. The molecule has 6 aromatic carbocycles. The largest absolute Gasteiger partial charge is 0.472 e. The van der Waals surface area contributed by atoms with E-state index < -0.39 is 5.60 Å². The minimum atomic E-state index is -0.761. The Bertz CT molecular complexity index is 2070. The van der Waals surface area contributed by atoms with Gasteiger partial charge in [-0.2, -0.15) is 0 Å². The van der Waals surface area contributed by atoms with Crippen LogP contribution in [0.25, 0.3) is 38.7 Å². The molecule has 1 aliphatic carbocycles. The molecule has 1 saturated heterocycles. The van der Waals surface area contributed by atoms with Gasteiger partial charge in [-0.05, 0) is 69.5 Å². The van der Waals surface area contributed by atoms with Gasteiger partial charge in [0.2, 0.25) is 0 Å². The molecule has 0 N–H and O–H groups in total. The molecule has 9 rings (SSSR count). The van der Waals surface area contributed by atoms with E-state index in [0.29, 0.717) is 0 Å². The van der Waals surface area contributed by atoms with Gasteiger partial charge in [0, 0.05) is 40.9 Å². The van der Waals surface area contributed by atoms with Crippen molar-refractivity contribution in [3.05, 3.63) is 149 Å². The lowest BCUT2D eigenvalue weighted by molar-refractivity contribution is 0.122. The normalized spacial score (nSPS) is 18.9. The molecule has 1 unspecified atom stereocenters. The zero-order chi connectivity index (χ0) is 29.1. The van der Waals surface area contributed by atoms with Gasteiger partial charge in [-0.15, -0.1) is 0 Å². The lowest BCUT2D eigenvalue weighted by Gasteiger charge is -2.39. The van der Waals surface area contributed by atoms with Gasteiger partial charge in [-0.1, -0.05) is 109 Å². The van der Waals surface area contributed by atoms with Crippen molar-refractivity contribution in [2.24, 2.45) is 0 Å². The van der Waals surface area contributed by atoms with E-state index in [0.717, 1.165) is 56.0 Å². The van der Waals surface area contributed by atoms with Crippen molar-refractivity contribution in [1.82, 2.24) is 0 Å². The molecule has 0 spiro atoms. The minimum absolute atomic E-state index is 0.761. The second-order valence-electron chi connectivity index (χ2n) is 12.1. The Morgan fingerprint density at radius 3 is 2.25 bits per heavy atom. The quantitative estimate of drug-likeness (QED) is 0.198. The fourth-order valence-electron chi connectivity index (χ4n) is 7.68. The predicted octanol–water partition coefficient (Wildman–Crippen LogP) is 8.94. The summed E-state index contributed by atoms with van der Waals surface area (Å²) >= 11 is 0. The second kappa shape index (κ2) is 10.1. The molecule has 2 heterocycles. The highest BCUT2D eigenvalue weighted by Gasteiger charge is 2.39. The first-order valence-corrected chi connectivity index (χ1v) is 15.8. The van der Waals surface area contributed by atoms with Crippen LogP contribution in [0.2, 0.25) is 0 Å². The molecule has 0 aromatic heterocycles. The first kappa shape index (κ1) is 25.6. The molecule has 0 saturated carbocycles.